The zero-order chi connectivity index (χ0) is 36.2. The van der Waals surface area contributed by atoms with Crippen LogP contribution in [0, 0.1) is 0 Å². The van der Waals surface area contributed by atoms with Crippen molar-refractivity contribution in [3.8, 4) is 0 Å². The van der Waals surface area contributed by atoms with Crippen LogP contribution in [0.1, 0.15) is 149 Å². The van der Waals surface area contributed by atoms with Crippen LogP contribution in [0.3, 0.4) is 0 Å². The van der Waals surface area contributed by atoms with Crippen molar-refractivity contribution in [2.45, 2.75) is 185 Å². The van der Waals surface area contributed by atoms with Gasteiger partial charge in [0.2, 0.25) is 0 Å². The molecule has 49 heavy (non-hydrogen) atoms. The molecule has 1 rings (SSSR count). The van der Waals surface area contributed by atoms with E-state index in [0.29, 0.717) is 13.0 Å². The maximum absolute atomic E-state index is 12.5. The number of hydrogen-bond acceptors (Lipinski definition) is 11. The van der Waals surface area contributed by atoms with Crippen LogP contribution in [-0.4, -0.2) is 97.5 Å². The number of allylic oxidation sites excluding steroid dienone is 2. The number of aliphatic hydroxyl groups is 3. The quantitative estimate of drug-likeness (QED) is 0.0262. The fourth-order valence-corrected chi connectivity index (χ4v) is 6.23. The summed E-state index contributed by atoms with van der Waals surface area (Å²) in [5.74, 6) is -0.418. The van der Waals surface area contributed by atoms with E-state index in [1.807, 2.05) is 0 Å². The number of carbonyl (C=O) groups is 1. The Morgan fingerprint density at radius 2 is 1.29 bits per heavy atom. The predicted octanol–water partition coefficient (Wildman–Crippen LogP) is 6.35. The lowest BCUT2D eigenvalue weighted by Crippen LogP contribution is -2.60. The van der Waals surface area contributed by atoms with E-state index < -0.39 is 59.8 Å². The van der Waals surface area contributed by atoms with Gasteiger partial charge in [-0.25, -0.2) is 4.18 Å². The highest BCUT2D eigenvalue weighted by Crippen LogP contribution is 2.26. The molecule has 6 atom stereocenters. The molecule has 0 aromatic carbocycles. The van der Waals surface area contributed by atoms with E-state index in [9.17, 15) is 28.5 Å². The zero-order valence-corrected chi connectivity index (χ0v) is 31.1. The molecule has 13 heteroatoms. The first-order valence-corrected chi connectivity index (χ1v) is 20.3. The highest BCUT2D eigenvalue weighted by atomic mass is 32.3. The average Bonchev–Trinajstić information content (AvgIpc) is 3.06. The smallest absolute Gasteiger partial charge is 0.397 e. The second-order valence-corrected chi connectivity index (χ2v) is 14.2. The molecule has 4 N–H and O–H groups in total. The number of unbranched alkanes of at least 4 members (excludes halogenated alkanes) is 17. The molecule has 6 unspecified atom stereocenters. The second-order valence-electron chi connectivity index (χ2n) is 13.2. The van der Waals surface area contributed by atoms with E-state index in [1.165, 1.54) is 83.5 Å². The minimum absolute atomic E-state index is 0.0356. The summed E-state index contributed by atoms with van der Waals surface area (Å²) in [7, 11) is -5.05. The van der Waals surface area contributed by atoms with Crippen LogP contribution in [0.15, 0.2) is 12.2 Å². The van der Waals surface area contributed by atoms with Gasteiger partial charge in [-0.2, -0.15) is 8.42 Å². The van der Waals surface area contributed by atoms with Crippen molar-refractivity contribution < 1.29 is 56.2 Å². The standard InChI is InChI=1S/C36H68O12S/c1-3-5-7-9-10-11-12-13-14-15-16-17-18-19-20-21-22-24-26-44-28-30(46-32(38)25-23-8-6-4-2)29-45-36-34(40)35(48-49(41,42)43)33(39)31(27-37)47-36/h13-14,30-31,33-37,39-40H,3-12,15-29H2,1-2H3,(H,41,42,43)/b14-13-. The lowest BCUT2D eigenvalue weighted by molar-refractivity contribution is -0.301. The van der Waals surface area contributed by atoms with Crippen molar-refractivity contribution >= 4 is 16.4 Å². The molecule has 1 saturated heterocycles. The first-order valence-electron chi connectivity index (χ1n) is 18.9. The van der Waals surface area contributed by atoms with Crippen LogP contribution in [0.4, 0.5) is 0 Å². The molecule has 0 aromatic heterocycles. The first kappa shape index (κ1) is 45.9. The molecule has 0 aromatic rings. The average molecular weight is 725 g/mol. The third-order valence-electron chi connectivity index (χ3n) is 8.64. The third kappa shape index (κ3) is 23.8. The van der Waals surface area contributed by atoms with Gasteiger partial charge < -0.3 is 34.3 Å². The first-order chi connectivity index (χ1) is 23.6. The van der Waals surface area contributed by atoms with Crippen LogP contribution >= 0.6 is 0 Å². The van der Waals surface area contributed by atoms with Crippen molar-refractivity contribution in [1.29, 1.82) is 0 Å². The second kappa shape index (κ2) is 29.4. The van der Waals surface area contributed by atoms with Gasteiger partial charge >= 0.3 is 16.4 Å². The Morgan fingerprint density at radius 1 is 0.755 bits per heavy atom. The molecule has 1 heterocycles. The van der Waals surface area contributed by atoms with Crippen molar-refractivity contribution in [1.82, 2.24) is 0 Å². The SMILES string of the molecule is CCCCCCCC/C=C\CCCCCCCCCCOCC(COC1OC(CO)C(O)C(OS(=O)(=O)O)C1O)OC(=O)CCCCCC. The van der Waals surface area contributed by atoms with Gasteiger partial charge in [-0.1, -0.05) is 116 Å². The minimum Gasteiger partial charge on any atom is -0.457 e. The molecule has 1 aliphatic heterocycles. The maximum Gasteiger partial charge on any atom is 0.397 e. The van der Waals surface area contributed by atoms with Crippen LogP contribution in [0.2, 0.25) is 0 Å². The molecule has 12 nitrogen and oxygen atoms in total. The number of esters is 1. The van der Waals surface area contributed by atoms with Gasteiger partial charge in [-0.15, -0.1) is 0 Å². The van der Waals surface area contributed by atoms with Gasteiger partial charge in [-0.05, 0) is 38.5 Å². The fourth-order valence-electron chi connectivity index (χ4n) is 5.72. The summed E-state index contributed by atoms with van der Waals surface area (Å²) >= 11 is 0. The lowest BCUT2D eigenvalue weighted by Gasteiger charge is -2.41. The Hall–Kier alpha value is -1.16. The van der Waals surface area contributed by atoms with Gasteiger partial charge in [-0.3, -0.25) is 9.35 Å². The van der Waals surface area contributed by atoms with Crippen molar-refractivity contribution in [2.24, 2.45) is 0 Å². The summed E-state index contributed by atoms with van der Waals surface area (Å²) < 4.78 is 58.4. The summed E-state index contributed by atoms with van der Waals surface area (Å²) in [6, 6.07) is 0. The van der Waals surface area contributed by atoms with Crippen molar-refractivity contribution in [3.05, 3.63) is 12.2 Å². The Bertz CT molecular complexity index is 931. The summed E-state index contributed by atoms with van der Waals surface area (Å²) in [4.78, 5) is 12.5. The number of carbonyl (C=O) groups excluding carboxylic acids is 1. The molecule has 290 valence electrons. The largest absolute Gasteiger partial charge is 0.457 e. The van der Waals surface area contributed by atoms with Crippen LogP contribution < -0.4 is 0 Å². The Kier molecular flexibility index (Phi) is 27.5. The Morgan fingerprint density at radius 3 is 1.84 bits per heavy atom. The van der Waals surface area contributed by atoms with E-state index in [1.54, 1.807) is 0 Å². The van der Waals surface area contributed by atoms with Gasteiger partial charge in [0.25, 0.3) is 0 Å². The highest BCUT2D eigenvalue weighted by molar-refractivity contribution is 7.80. The summed E-state index contributed by atoms with van der Waals surface area (Å²) in [5, 5.41) is 30.3. The molecular formula is C36H68O12S. The molecule has 0 saturated carbocycles. The zero-order valence-electron chi connectivity index (χ0n) is 30.3. The van der Waals surface area contributed by atoms with E-state index in [0.717, 1.165) is 38.5 Å². The molecule has 0 aliphatic carbocycles. The monoisotopic (exact) mass is 724 g/mol. The maximum atomic E-state index is 12.5. The highest BCUT2D eigenvalue weighted by Gasteiger charge is 2.48. The van der Waals surface area contributed by atoms with E-state index >= 15 is 0 Å². The van der Waals surface area contributed by atoms with E-state index in [2.05, 4.69) is 30.2 Å². The number of rotatable bonds is 32. The molecule has 0 radical (unpaired) electrons. The summed E-state index contributed by atoms with van der Waals surface area (Å²) in [5.41, 5.74) is 0. The molecule has 0 amide bonds. The topological polar surface area (TPSA) is 178 Å². The number of ether oxygens (including phenoxy) is 4. The van der Waals surface area contributed by atoms with Crippen LogP contribution in [0.25, 0.3) is 0 Å². The van der Waals surface area contributed by atoms with Crippen LogP contribution in [-0.2, 0) is 38.3 Å². The summed E-state index contributed by atoms with van der Waals surface area (Å²) in [6.45, 7) is 3.83. The molecule has 1 fully saturated rings. The molecule has 0 spiro atoms. The van der Waals surface area contributed by atoms with Gasteiger partial charge in [0.05, 0.1) is 19.8 Å². The van der Waals surface area contributed by atoms with E-state index in [4.69, 9.17) is 23.5 Å². The van der Waals surface area contributed by atoms with Crippen LogP contribution in [0.5, 0.6) is 0 Å². The predicted molar refractivity (Wildman–Crippen MR) is 188 cm³/mol. The summed E-state index contributed by atoms with van der Waals surface area (Å²) in [6.07, 6.45) is 19.0. The molecule has 1 aliphatic rings. The number of hydrogen-bond donors (Lipinski definition) is 4. The fraction of sp³-hybridized carbons (Fsp3) is 0.917. The van der Waals surface area contributed by atoms with E-state index in [-0.39, 0.29) is 19.6 Å². The van der Waals surface area contributed by atoms with Crippen molar-refractivity contribution in [2.75, 3.05) is 26.4 Å². The van der Waals surface area contributed by atoms with Gasteiger partial charge in [0.1, 0.15) is 30.5 Å². The Labute approximate surface area is 296 Å². The normalized spacial score (nSPS) is 22.1. The minimum atomic E-state index is -5.05. The number of aliphatic hydroxyl groups excluding tert-OH is 3. The third-order valence-corrected chi connectivity index (χ3v) is 9.10. The Balaban J connectivity index is 2.35. The van der Waals surface area contributed by atoms with Gasteiger partial charge in [0.15, 0.2) is 6.29 Å². The van der Waals surface area contributed by atoms with Crippen molar-refractivity contribution in [3.63, 3.8) is 0 Å². The lowest BCUT2D eigenvalue weighted by atomic mass is 9.99. The molecular weight excluding hydrogens is 656 g/mol. The van der Waals surface area contributed by atoms with Gasteiger partial charge in [0, 0.05) is 13.0 Å². The molecule has 0 bridgehead atoms.